The van der Waals surface area contributed by atoms with E-state index in [0.29, 0.717) is 6.42 Å². The quantitative estimate of drug-likeness (QED) is 0.788. The molecule has 1 aromatic carbocycles. The molecule has 0 aliphatic heterocycles. The Hall–Kier alpha value is -2.69. The molecule has 3 aromatic rings. The van der Waals surface area contributed by atoms with Crippen molar-refractivity contribution in [3.8, 4) is 5.69 Å². The van der Waals surface area contributed by atoms with E-state index in [1.165, 1.54) is 0 Å². The first-order valence-corrected chi connectivity index (χ1v) is 7.85. The number of pyridine rings is 1. The van der Waals surface area contributed by atoms with Gasteiger partial charge < -0.3 is 5.32 Å². The van der Waals surface area contributed by atoms with E-state index in [2.05, 4.69) is 15.3 Å². The van der Waals surface area contributed by atoms with Crippen molar-refractivity contribution in [1.29, 1.82) is 0 Å². The van der Waals surface area contributed by atoms with E-state index in [0.717, 1.165) is 41.2 Å². The summed E-state index contributed by atoms with van der Waals surface area (Å²) in [5.41, 5.74) is 3.73. The second kappa shape index (κ2) is 6.60. The molecule has 0 aliphatic carbocycles. The van der Waals surface area contributed by atoms with Crippen LogP contribution in [0.2, 0.25) is 0 Å². The number of carbonyl (C=O) groups is 1. The maximum Gasteiger partial charge on any atom is 0.224 e. The second-order valence-corrected chi connectivity index (χ2v) is 5.53. The molecule has 1 amide bonds. The number of benzene rings is 1. The van der Waals surface area contributed by atoms with Crippen molar-refractivity contribution in [2.45, 2.75) is 26.7 Å². The van der Waals surface area contributed by atoms with Crippen molar-refractivity contribution in [3.63, 3.8) is 0 Å². The lowest BCUT2D eigenvalue weighted by Crippen LogP contribution is -2.25. The van der Waals surface area contributed by atoms with Crippen LogP contribution in [0, 0.1) is 6.92 Å². The number of rotatable bonds is 5. The van der Waals surface area contributed by atoms with Gasteiger partial charge in [-0.25, -0.2) is 9.97 Å². The number of aryl methyl sites for hydroxylation is 1. The zero-order valence-corrected chi connectivity index (χ0v) is 13.4. The second-order valence-electron chi connectivity index (χ2n) is 5.53. The van der Waals surface area contributed by atoms with Gasteiger partial charge >= 0.3 is 0 Å². The van der Waals surface area contributed by atoms with E-state index < -0.39 is 0 Å². The summed E-state index contributed by atoms with van der Waals surface area (Å²) in [6.07, 6.45) is 3.12. The molecule has 0 aliphatic rings. The van der Waals surface area contributed by atoms with E-state index in [9.17, 15) is 4.79 Å². The van der Waals surface area contributed by atoms with Crippen molar-refractivity contribution < 1.29 is 4.79 Å². The lowest BCUT2D eigenvalue weighted by molar-refractivity contribution is -0.120. The first-order valence-electron chi connectivity index (χ1n) is 7.85. The number of nitrogens with zero attached hydrogens (tertiary/aromatic N) is 3. The summed E-state index contributed by atoms with van der Waals surface area (Å²) in [6.45, 7) is 4.73. The van der Waals surface area contributed by atoms with Crippen LogP contribution in [0.4, 0.5) is 0 Å². The molecule has 0 bridgehead atoms. The lowest BCUT2D eigenvalue weighted by atomic mass is 10.1. The third-order valence-electron chi connectivity index (χ3n) is 3.72. The topological polar surface area (TPSA) is 59.8 Å². The Morgan fingerprint density at radius 3 is 2.74 bits per heavy atom. The molecule has 118 valence electrons. The minimum Gasteiger partial charge on any atom is -0.356 e. The maximum absolute atomic E-state index is 11.8. The minimum absolute atomic E-state index is 0.0607. The van der Waals surface area contributed by atoms with Gasteiger partial charge in [-0.3, -0.25) is 9.36 Å². The summed E-state index contributed by atoms with van der Waals surface area (Å²) in [7, 11) is 0. The molecule has 3 rings (SSSR count). The van der Waals surface area contributed by atoms with E-state index in [4.69, 9.17) is 0 Å². The number of imidazole rings is 1. The molecule has 0 saturated heterocycles. The smallest absolute Gasteiger partial charge is 0.224 e. The van der Waals surface area contributed by atoms with Gasteiger partial charge in [0.2, 0.25) is 5.91 Å². The van der Waals surface area contributed by atoms with Gasteiger partial charge in [-0.05, 0) is 43.2 Å². The van der Waals surface area contributed by atoms with Crippen LogP contribution in [-0.2, 0) is 11.2 Å². The molecule has 2 aromatic heterocycles. The highest BCUT2D eigenvalue weighted by Gasteiger charge is 2.10. The largest absolute Gasteiger partial charge is 0.356 e. The molecule has 0 fully saturated rings. The van der Waals surface area contributed by atoms with Crippen LogP contribution in [0.3, 0.4) is 0 Å². The Labute approximate surface area is 135 Å². The highest BCUT2D eigenvalue weighted by molar-refractivity contribution is 5.78. The Balaban J connectivity index is 1.84. The molecular formula is C18H20N4O. The normalized spacial score (nSPS) is 10.9. The number of aromatic nitrogens is 3. The fraction of sp³-hybridized carbons (Fsp3) is 0.278. The van der Waals surface area contributed by atoms with Gasteiger partial charge in [-0.1, -0.05) is 19.1 Å². The average Bonchev–Trinajstić information content (AvgIpc) is 2.89. The van der Waals surface area contributed by atoms with E-state index in [1.54, 1.807) is 6.20 Å². The number of fused-ring (bicyclic) bond motifs is 1. The van der Waals surface area contributed by atoms with Crippen molar-refractivity contribution in [2.24, 2.45) is 0 Å². The minimum atomic E-state index is 0.0607. The number of carbonyl (C=O) groups excluding carboxylic acids is 1. The third-order valence-corrected chi connectivity index (χ3v) is 3.72. The standard InChI is InChI=1S/C18H20N4O/c1-3-10-19-17(23)12-14-6-8-15(9-7-14)22-13(2)21-16-5-4-11-20-18(16)22/h4-9,11H,3,10,12H2,1-2H3,(H,19,23). The number of hydrogen-bond acceptors (Lipinski definition) is 3. The van der Waals surface area contributed by atoms with Crippen molar-refractivity contribution in [3.05, 3.63) is 54.0 Å². The van der Waals surface area contributed by atoms with Crippen molar-refractivity contribution >= 4 is 17.1 Å². The monoisotopic (exact) mass is 308 g/mol. The first-order chi connectivity index (χ1) is 11.2. The molecule has 23 heavy (non-hydrogen) atoms. The molecule has 0 unspecified atom stereocenters. The van der Waals surface area contributed by atoms with Crippen LogP contribution in [0.1, 0.15) is 24.7 Å². The van der Waals surface area contributed by atoms with Gasteiger partial charge in [0.05, 0.1) is 6.42 Å². The summed E-state index contributed by atoms with van der Waals surface area (Å²) in [4.78, 5) is 20.7. The van der Waals surface area contributed by atoms with Gasteiger partial charge in [-0.2, -0.15) is 0 Å². The maximum atomic E-state index is 11.8. The highest BCUT2D eigenvalue weighted by atomic mass is 16.1. The molecule has 2 heterocycles. The van der Waals surface area contributed by atoms with Gasteiger partial charge in [0.15, 0.2) is 5.65 Å². The van der Waals surface area contributed by atoms with Crippen LogP contribution < -0.4 is 5.32 Å². The Bertz CT molecular complexity index is 821. The van der Waals surface area contributed by atoms with E-state index in [1.807, 2.05) is 54.8 Å². The predicted molar refractivity (Wildman–Crippen MR) is 90.6 cm³/mol. The average molecular weight is 308 g/mol. The molecule has 0 atom stereocenters. The Morgan fingerprint density at radius 2 is 2.00 bits per heavy atom. The van der Waals surface area contributed by atoms with Gasteiger partial charge in [0.1, 0.15) is 11.3 Å². The Morgan fingerprint density at radius 1 is 1.22 bits per heavy atom. The summed E-state index contributed by atoms with van der Waals surface area (Å²) < 4.78 is 2.02. The van der Waals surface area contributed by atoms with Crippen LogP contribution in [0.25, 0.3) is 16.9 Å². The van der Waals surface area contributed by atoms with Gasteiger partial charge in [-0.15, -0.1) is 0 Å². The fourth-order valence-corrected chi connectivity index (χ4v) is 2.61. The molecule has 1 N–H and O–H groups in total. The van der Waals surface area contributed by atoms with Crippen molar-refractivity contribution in [2.75, 3.05) is 6.54 Å². The molecule has 0 saturated carbocycles. The number of amides is 1. The SMILES string of the molecule is CCCNC(=O)Cc1ccc(-n2c(C)nc3cccnc32)cc1. The van der Waals surface area contributed by atoms with Crippen LogP contribution in [-0.4, -0.2) is 27.0 Å². The summed E-state index contributed by atoms with van der Waals surface area (Å²) in [5, 5.41) is 2.89. The highest BCUT2D eigenvalue weighted by Crippen LogP contribution is 2.19. The van der Waals surface area contributed by atoms with E-state index >= 15 is 0 Å². The summed E-state index contributed by atoms with van der Waals surface area (Å²) in [6, 6.07) is 11.8. The first kappa shape index (κ1) is 15.2. The van der Waals surface area contributed by atoms with Crippen LogP contribution in [0.15, 0.2) is 42.6 Å². The number of nitrogens with one attached hydrogen (secondary N) is 1. The Kier molecular flexibility index (Phi) is 4.37. The van der Waals surface area contributed by atoms with Gasteiger partial charge in [0, 0.05) is 18.4 Å². The lowest BCUT2D eigenvalue weighted by Gasteiger charge is -2.08. The molecular weight excluding hydrogens is 288 g/mol. The zero-order chi connectivity index (χ0) is 16.2. The molecule has 0 radical (unpaired) electrons. The van der Waals surface area contributed by atoms with E-state index in [-0.39, 0.29) is 5.91 Å². The summed E-state index contributed by atoms with van der Waals surface area (Å²) >= 11 is 0. The zero-order valence-electron chi connectivity index (χ0n) is 13.4. The van der Waals surface area contributed by atoms with Crippen LogP contribution >= 0.6 is 0 Å². The molecule has 0 spiro atoms. The fourth-order valence-electron chi connectivity index (χ4n) is 2.61. The number of hydrogen-bond donors (Lipinski definition) is 1. The van der Waals surface area contributed by atoms with Crippen molar-refractivity contribution in [1.82, 2.24) is 19.9 Å². The van der Waals surface area contributed by atoms with Gasteiger partial charge in [0.25, 0.3) is 0 Å². The molecule has 5 heteroatoms. The third kappa shape index (κ3) is 3.23. The molecule has 5 nitrogen and oxygen atoms in total. The summed E-state index contributed by atoms with van der Waals surface area (Å²) in [5.74, 6) is 0.956. The predicted octanol–water partition coefficient (Wildman–Crippen LogP) is 2.80. The van der Waals surface area contributed by atoms with Crippen LogP contribution in [0.5, 0.6) is 0 Å².